The van der Waals surface area contributed by atoms with Crippen LogP contribution in [0.2, 0.25) is 0 Å². The predicted molar refractivity (Wildman–Crippen MR) is 81.5 cm³/mol. The smallest absolute Gasteiger partial charge is 0.216 e. The van der Waals surface area contributed by atoms with Crippen molar-refractivity contribution in [2.75, 3.05) is 24.6 Å². The fraction of sp³-hybridized carbons (Fsp3) is 0.667. The SMILES string of the molecule is CC(=O)NCCSC(=O)CCC(=O)SCCNC(C)=O. The first-order chi connectivity index (χ1) is 9.41. The summed E-state index contributed by atoms with van der Waals surface area (Å²) in [5.74, 6) is 0.789. The van der Waals surface area contributed by atoms with Gasteiger partial charge in [0, 0.05) is 51.3 Å². The Hall–Kier alpha value is -1.02. The monoisotopic (exact) mass is 320 g/mol. The molecule has 0 aromatic rings. The fourth-order valence-corrected chi connectivity index (χ4v) is 2.49. The van der Waals surface area contributed by atoms with Gasteiger partial charge in [-0.2, -0.15) is 0 Å². The second-order valence-electron chi connectivity index (χ2n) is 3.91. The maximum absolute atomic E-state index is 11.4. The number of hydrogen-bond donors (Lipinski definition) is 2. The van der Waals surface area contributed by atoms with Gasteiger partial charge in [-0.3, -0.25) is 19.2 Å². The van der Waals surface area contributed by atoms with Gasteiger partial charge in [-0.1, -0.05) is 23.5 Å². The Kier molecular flexibility index (Phi) is 11.2. The number of hydrogen-bond acceptors (Lipinski definition) is 6. The highest BCUT2D eigenvalue weighted by Gasteiger charge is 2.08. The van der Waals surface area contributed by atoms with Gasteiger partial charge in [-0.15, -0.1) is 0 Å². The normalized spacial score (nSPS) is 9.90. The third-order valence-electron chi connectivity index (χ3n) is 2.01. The average molecular weight is 320 g/mol. The Morgan fingerprint density at radius 3 is 1.40 bits per heavy atom. The molecule has 0 atom stereocenters. The van der Waals surface area contributed by atoms with Crippen LogP contribution in [0.4, 0.5) is 0 Å². The number of carbonyl (C=O) groups is 4. The summed E-state index contributed by atoms with van der Waals surface area (Å²) in [7, 11) is 0. The molecule has 2 N–H and O–H groups in total. The Morgan fingerprint density at radius 1 is 0.750 bits per heavy atom. The Balaban J connectivity index is 3.50. The van der Waals surface area contributed by atoms with Crippen LogP contribution in [0.15, 0.2) is 0 Å². The van der Waals surface area contributed by atoms with Crippen LogP contribution in [0.1, 0.15) is 26.7 Å². The lowest BCUT2D eigenvalue weighted by molar-refractivity contribution is -0.119. The third-order valence-corrected chi connectivity index (χ3v) is 3.88. The molecule has 0 unspecified atom stereocenters. The van der Waals surface area contributed by atoms with Crippen molar-refractivity contribution in [1.29, 1.82) is 0 Å². The summed E-state index contributed by atoms with van der Waals surface area (Å²) in [5, 5.41) is 5.08. The number of thioether (sulfide) groups is 2. The van der Waals surface area contributed by atoms with Crippen molar-refractivity contribution in [3.8, 4) is 0 Å². The quantitative estimate of drug-likeness (QED) is 0.603. The van der Waals surface area contributed by atoms with Crippen LogP contribution in [-0.2, 0) is 19.2 Å². The molecule has 0 saturated heterocycles. The molecule has 0 aliphatic heterocycles. The van der Waals surface area contributed by atoms with E-state index in [1.54, 1.807) is 0 Å². The van der Waals surface area contributed by atoms with E-state index in [4.69, 9.17) is 0 Å². The van der Waals surface area contributed by atoms with E-state index in [1.165, 1.54) is 13.8 Å². The molecule has 0 aromatic carbocycles. The van der Waals surface area contributed by atoms with E-state index >= 15 is 0 Å². The van der Waals surface area contributed by atoms with Crippen LogP contribution in [0, 0.1) is 0 Å². The van der Waals surface area contributed by atoms with Crippen LogP contribution in [0.3, 0.4) is 0 Å². The fourth-order valence-electron chi connectivity index (χ4n) is 1.13. The number of rotatable bonds is 9. The van der Waals surface area contributed by atoms with E-state index in [1.807, 2.05) is 0 Å². The summed E-state index contributed by atoms with van der Waals surface area (Å²) < 4.78 is 0. The van der Waals surface area contributed by atoms with Crippen molar-refractivity contribution in [1.82, 2.24) is 10.6 Å². The molecule has 0 aliphatic rings. The molecule has 0 heterocycles. The Labute approximate surface area is 127 Å². The molecule has 8 heteroatoms. The van der Waals surface area contributed by atoms with Crippen LogP contribution < -0.4 is 10.6 Å². The van der Waals surface area contributed by atoms with Gasteiger partial charge in [-0.05, 0) is 0 Å². The summed E-state index contributed by atoms with van der Waals surface area (Å²) in [6.45, 7) is 3.74. The molecule has 0 rings (SSSR count). The summed E-state index contributed by atoms with van der Waals surface area (Å²) in [6.07, 6.45) is 0.410. The van der Waals surface area contributed by atoms with Crippen LogP contribution >= 0.6 is 23.5 Å². The lowest BCUT2D eigenvalue weighted by Gasteiger charge is -2.03. The maximum atomic E-state index is 11.4. The van der Waals surface area contributed by atoms with Crippen molar-refractivity contribution >= 4 is 45.6 Å². The summed E-state index contributed by atoms with van der Waals surface area (Å²) >= 11 is 2.24. The van der Waals surface area contributed by atoms with E-state index < -0.39 is 0 Å². The van der Waals surface area contributed by atoms with E-state index in [9.17, 15) is 19.2 Å². The van der Waals surface area contributed by atoms with E-state index in [0.717, 1.165) is 23.5 Å². The molecule has 0 spiro atoms. The van der Waals surface area contributed by atoms with Gasteiger partial charge >= 0.3 is 0 Å². The first-order valence-electron chi connectivity index (χ1n) is 6.22. The zero-order valence-corrected chi connectivity index (χ0v) is 13.3. The van der Waals surface area contributed by atoms with Gasteiger partial charge in [0.05, 0.1) is 0 Å². The molecule has 114 valence electrons. The highest BCUT2D eigenvalue weighted by Crippen LogP contribution is 2.11. The predicted octanol–water partition coefficient (Wildman–Crippen LogP) is 0.558. The number of carbonyl (C=O) groups excluding carboxylic acids is 4. The topological polar surface area (TPSA) is 92.3 Å². The number of amides is 2. The first-order valence-corrected chi connectivity index (χ1v) is 8.19. The molecule has 0 saturated carbocycles. The van der Waals surface area contributed by atoms with Gasteiger partial charge in [0.25, 0.3) is 0 Å². The number of nitrogens with one attached hydrogen (secondary N) is 2. The van der Waals surface area contributed by atoms with Crippen LogP contribution in [-0.4, -0.2) is 46.6 Å². The third kappa shape index (κ3) is 13.4. The molecular formula is C12H20N2O4S2. The minimum Gasteiger partial charge on any atom is -0.356 e. The lowest BCUT2D eigenvalue weighted by atomic mass is 10.4. The second kappa shape index (κ2) is 11.8. The van der Waals surface area contributed by atoms with Crippen molar-refractivity contribution in [2.45, 2.75) is 26.7 Å². The minimum absolute atomic E-state index is 0.0498. The highest BCUT2D eigenvalue weighted by molar-refractivity contribution is 8.14. The van der Waals surface area contributed by atoms with Gasteiger partial charge in [0.15, 0.2) is 10.2 Å². The summed E-state index contributed by atoms with van der Waals surface area (Å²) in [6, 6.07) is 0. The van der Waals surface area contributed by atoms with Crippen molar-refractivity contribution < 1.29 is 19.2 Å². The van der Waals surface area contributed by atoms with Gasteiger partial charge in [-0.25, -0.2) is 0 Å². The van der Waals surface area contributed by atoms with Crippen LogP contribution in [0.25, 0.3) is 0 Å². The van der Waals surface area contributed by atoms with Crippen molar-refractivity contribution in [3.05, 3.63) is 0 Å². The van der Waals surface area contributed by atoms with Gasteiger partial charge in [0.2, 0.25) is 11.8 Å². The zero-order chi connectivity index (χ0) is 15.4. The highest BCUT2D eigenvalue weighted by atomic mass is 32.2. The molecule has 0 aromatic heterocycles. The molecule has 0 radical (unpaired) electrons. The Morgan fingerprint density at radius 2 is 1.10 bits per heavy atom. The van der Waals surface area contributed by atoms with E-state index in [-0.39, 0.29) is 34.9 Å². The largest absolute Gasteiger partial charge is 0.356 e. The minimum atomic E-state index is -0.121. The summed E-state index contributed by atoms with van der Waals surface area (Å²) in [5.41, 5.74) is 0. The van der Waals surface area contributed by atoms with Crippen LogP contribution in [0.5, 0.6) is 0 Å². The van der Waals surface area contributed by atoms with Crippen molar-refractivity contribution in [3.63, 3.8) is 0 Å². The second-order valence-corrected chi connectivity index (χ2v) is 6.21. The Bertz CT molecular complexity index is 327. The van der Waals surface area contributed by atoms with Crippen molar-refractivity contribution in [2.24, 2.45) is 0 Å². The molecule has 0 aliphatic carbocycles. The van der Waals surface area contributed by atoms with E-state index in [2.05, 4.69) is 10.6 Å². The molecule has 20 heavy (non-hydrogen) atoms. The standard InChI is InChI=1S/C12H20N2O4S2/c1-9(15)13-5-7-19-11(17)3-4-12(18)20-8-6-14-10(2)16/h3-8H2,1-2H3,(H,13,15)(H,14,16). The summed E-state index contributed by atoms with van der Waals surface area (Å²) in [4.78, 5) is 44.1. The first kappa shape index (κ1) is 19.0. The molecule has 6 nitrogen and oxygen atoms in total. The molecular weight excluding hydrogens is 300 g/mol. The zero-order valence-electron chi connectivity index (χ0n) is 11.7. The lowest BCUT2D eigenvalue weighted by Crippen LogP contribution is -2.23. The molecule has 0 bridgehead atoms. The van der Waals surface area contributed by atoms with Gasteiger partial charge in [0.1, 0.15) is 0 Å². The molecule has 2 amide bonds. The molecule has 0 fully saturated rings. The van der Waals surface area contributed by atoms with Gasteiger partial charge < -0.3 is 10.6 Å². The average Bonchev–Trinajstić information content (AvgIpc) is 2.37. The maximum Gasteiger partial charge on any atom is 0.216 e. The van der Waals surface area contributed by atoms with E-state index in [0.29, 0.717) is 24.6 Å².